The molecule has 0 bridgehead atoms. The lowest BCUT2D eigenvalue weighted by Crippen LogP contribution is -2.26. The number of carbonyl (C=O) groups excluding carboxylic acids is 1. The van der Waals surface area contributed by atoms with E-state index in [1.54, 1.807) is 0 Å². The van der Waals surface area contributed by atoms with Crippen molar-refractivity contribution in [1.82, 2.24) is 5.32 Å². The van der Waals surface area contributed by atoms with Crippen molar-refractivity contribution in [2.75, 3.05) is 25.5 Å². The van der Waals surface area contributed by atoms with Crippen molar-refractivity contribution >= 4 is 24.0 Å². The molecule has 3 N–H and O–H groups in total. The van der Waals surface area contributed by atoms with Gasteiger partial charge in [0.25, 0.3) is 0 Å². The lowest BCUT2D eigenvalue weighted by molar-refractivity contribution is -0.120. The normalized spacial score (nSPS) is 9.85. The maximum absolute atomic E-state index is 11.6. The first-order valence-corrected chi connectivity index (χ1v) is 6.91. The number of unbranched alkanes of at least 4 members (excludes halogenated alkanes) is 1. The van der Waals surface area contributed by atoms with Gasteiger partial charge in [0.1, 0.15) is 0 Å². The number of hydrogen-bond acceptors (Lipinski definition) is 3. The summed E-state index contributed by atoms with van der Waals surface area (Å²) in [4.78, 5) is 11.6. The Bertz CT molecular complexity index is 369. The topological polar surface area (TPSA) is 64.3 Å². The third kappa shape index (κ3) is 8.77. The molecule has 0 radical (unpaired) electrons. The smallest absolute Gasteiger partial charge is 0.224 e. The molecule has 0 aliphatic rings. The van der Waals surface area contributed by atoms with Gasteiger partial charge in [-0.15, -0.1) is 12.4 Å². The molecule has 1 aromatic rings. The van der Waals surface area contributed by atoms with Crippen molar-refractivity contribution < 1.29 is 9.53 Å². The largest absolute Gasteiger partial charge is 0.399 e. The fourth-order valence-corrected chi connectivity index (χ4v) is 1.63. The molecule has 0 aliphatic carbocycles. The summed E-state index contributed by atoms with van der Waals surface area (Å²) in [6.07, 6.45) is 3.51. The van der Waals surface area contributed by atoms with Gasteiger partial charge in [0.05, 0.1) is 6.42 Å². The number of nitrogens with two attached hydrogens (primary N) is 1. The Labute approximate surface area is 127 Å². The maximum Gasteiger partial charge on any atom is 0.224 e. The van der Waals surface area contributed by atoms with Crippen molar-refractivity contribution in [1.29, 1.82) is 0 Å². The molecule has 0 spiro atoms. The summed E-state index contributed by atoms with van der Waals surface area (Å²) in [6, 6.07) is 7.37. The highest BCUT2D eigenvalue weighted by atomic mass is 35.5. The van der Waals surface area contributed by atoms with Gasteiger partial charge in [-0.3, -0.25) is 4.79 Å². The van der Waals surface area contributed by atoms with Crippen LogP contribution in [0.2, 0.25) is 0 Å². The van der Waals surface area contributed by atoms with Gasteiger partial charge in [-0.25, -0.2) is 0 Å². The van der Waals surface area contributed by atoms with Crippen LogP contribution in [0.3, 0.4) is 0 Å². The number of ether oxygens (including phenoxy) is 1. The predicted octanol–water partition coefficient (Wildman–Crippen LogP) is 2.56. The molecule has 0 atom stereocenters. The van der Waals surface area contributed by atoms with E-state index in [1.807, 2.05) is 24.3 Å². The van der Waals surface area contributed by atoms with Crippen LogP contribution >= 0.6 is 12.4 Å². The van der Waals surface area contributed by atoms with E-state index in [1.165, 1.54) is 0 Å². The Balaban J connectivity index is 0.00000361. The Morgan fingerprint density at radius 1 is 1.20 bits per heavy atom. The van der Waals surface area contributed by atoms with E-state index in [0.29, 0.717) is 25.3 Å². The third-order valence-corrected chi connectivity index (χ3v) is 2.77. The number of hydrogen-bond donors (Lipinski definition) is 2. The first-order chi connectivity index (χ1) is 9.22. The van der Waals surface area contributed by atoms with Gasteiger partial charge in [0, 0.05) is 25.4 Å². The molecule has 1 aromatic carbocycles. The van der Waals surface area contributed by atoms with Gasteiger partial charge in [-0.2, -0.15) is 0 Å². The molecule has 1 amide bonds. The number of rotatable bonds is 9. The monoisotopic (exact) mass is 300 g/mol. The minimum atomic E-state index is 0. The zero-order chi connectivity index (χ0) is 13.9. The maximum atomic E-state index is 11.6. The van der Waals surface area contributed by atoms with Crippen LogP contribution in [0.5, 0.6) is 0 Å². The fraction of sp³-hybridized carbons (Fsp3) is 0.533. The highest BCUT2D eigenvalue weighted by Gasteiger charge is 2.02. The van der Waals surface area contributed by atoms with Crippen LogP contribution in [0.4, 0.5) is 5.69 Å². The van der Waals surface area contributed by atoms with E-state index in [-0.39, 0.29) is 18.3 Å². The van der Waals surface area contributed by atoms with Gasteiger partial charge >= 0.3 is 0 Å². The number of benzene rings is 1. The second kappa shape index (κ2) is 11.6. The van der Waals surface area contributed by atoms with Gasteiger partial charge in [-0.05, 0) is 30.5 Å². The van der Waals surface area contributed by atoms with E-state index in [9.17, 15) is 4.79 Å². The Hall–Kier alpha value is -1.26. The predicted molar refractivity (Wildman–Crippen MR) is 85.2 cm³/mol. The Morgan fingerprint density at radius 3 is 2.50 bits per heavy atom. The SMILES string of the molecule is CCCCOCCCNC(=O)Cc1ccc(N)cc1.Cl. The number of anilines is 1. The first kappa shape index (κ1) is 18.7. The summed E-state index contributed by atoms with van der Waals surface area (Å²) >= 11 is 0. The number of carbonyl (C=O) groups is 1. The summed E-state index contributed by atoms with van der Waals surface area (Å²) in [5, 5.41) is 2.89. The zero-order valence-electron chi connectivity index (χ0n) is 12.1. The second-order valence-electron chi connectivity index (χ2n) is 4.59. The van der Waals surface area contributed by atoms with Crippen LogP contribution in [0, 0.1) is 0 Å². The molecule has 114 valence electrons. The molecular weight excluding hydrogens is 276 g/mol. The number of nitrogens with one attached hydrogen (secondary N) is 1. The Kier molecular flexibility index (Phi) is 10.8. The van der Waals surface area contributed by atoms with Crippen molar-refractivity contribution in [3.05, 3.63) is 29.8 Å². The summed E-state index contributed by atoms with van der Waals surface area (Å²) in [7, 11) is 0. The quantitative estimate of drug-likeness (QED) is 0.544. The minimum Gasteiger partial charge on any atom is -0.399 e. The highest BCUT2D eigenvalue weighted by Crippen LogP contribution is 2.05. The van der Waals surface area contributed by atoms with Crippen LogP contribution in [-0.4, -0.2) is 25.7 Å². The Morgan fingerprint density at radius 2 is 1.85 bits per heavy atom. The fourth-order valence-electron chi connectivity index (χ4n) is 1.63. The second-order valence-corrected chi connectivity index (χ2v) is 4.59. The number of halogens is 1. The molecular formula is C15H25ClN2O2. The molecule has 0 aromatic heterocycles. The molecule has 0 saturated carbocycles. The summed E-state index contributed by atoms with van der Waals surface area (Å²) < 4.78 is 5.42. The van der Waals surface area contributed by atoms with Crippen LogP contribution in [0.15, 0.2) is 24.3 Å². The van der Waals surface area contributed by atoms with Gasteiger partial charge in [-0.1, -0.05) is 25.5 Å². The molecule has 0 unspecified atom stereocenters. The molecule has 20 heavy (non-hydrogen) atoms. The minimum absolute atomic E-state index is 0. The summed E-state index contributed by atoms with van der Waals surface area (Å²) in [5.41, 5.74) is 7.28. The molecule has 0 heterocycles. The standard InChI is InChI=1S/C15H24N2O2.ClH/c1-2-3-10-19-11-4-9-17-15(18)12-13-5-7-14(16)8-6-13;/h5-8H,2-4,9-12,16H2,1H3,(H,17,18);1H. The average Bonchev–Trinajstić information content (AvgIpc) is 2.40. The van der Waals surface area contributed by atoms with Crippen molar-refractivity contribution in [3.63, 3.8) is 0 Å². The van der Waals surface area contributed by atoms with E-state index >= 15 is 0 Å². The van der Waals surface area contributed by atoms with Crippen molar-refractivity contribution in [2.24, 2.45) is 0 Å². The molecule has 4 nitrogen and oxygen atoms in total. The lowest BCUT2D eigenvalue weighted by Gasteiger charge is -2.06. The number of nitrogen functional groups attached to an aromatic ring is 1. The van der Waals surface area contributed by atoms with Gasteiger partial charge in [0.2, 0.25) is 5.91 Å². The zero-order valence-corrected chi connectivity index (χ0v) is 12.9. The van der Waals surface area contributed by atoms with Crippen LogP contribution in [0.25, 0.3) is 0 Å². The van der Waals surface area contributed by atoms with Crippen LogP contribution in [0.1, 0.15) is 31.7 Å². The molecule has 0 fully saturated rings. The number of amides is 1. The van der Waals surface area contributed by atoms with E-state index < -0.39 is 0 Å². The van der Waals surface area contributed by atoms with Gasteiger partial charge < -0.3 is 15.8 Å². The van der Waals surface area contributed by atoms with Crippen molar-refractivity contribution in [2.45, 2.75) is 32.6 Å². The summed E-state index contributed by atoms with van der Waals surface area (Å²) in [6.45, 7) is 4.33. The van der Waals surface area contributed by atoms with E-state index in [0.717, 1.165) is 31.4 Å². The molecule has 0 saturated heterocycles. The first-order valence-electron chi connectivity index (χ1n) is 6.91. The van der Waals surface area contributed by atoms with E-state index in [4.69, 9.17) is 10.5 Å². The third-order valence-electron chi connectivity index (χ3n) is 2.77. The van der Waals surface area contributed by atoms with Crippen molar-refractivity contribution in [3.8, 4) is 0 Å². The van der Waals surface area contributed by atoms with E-state index in [2.05, 4.69) is 12.2 Å². The van der Waals surface area contributed by atoms with Crippen LogP contribution in [-0.2, 0) is 16.0 Å². The molecule has 1 rings (SSSR count). The molecule has 5 heteroatoms. The molecule has 0 aliphatic heterocycles. The summed E-state index contributed by atoms with van der Waals surface area (Å²) in [5.74, 6) is 0.0401. The van der Waals surface area contributed by atoms with Crippen LogP contribution < -0.4 is 11.1 Å². The highest BCUT2D eigenvalue weighted by molar-refractivity contribution is 5.85. The lowest BCUT2D eigenvalue weighted by atomic mass is 10.1. The average molecular weight is 301 g/mol. The van der Waals surface area contributed by atoms with Gasteiger partial charge in [0.15, 0.2) is 0 Å².